The van der Waals surface area contributed by atoms with Crippen molar-refractivity contribution in [1.82, 2.24) is 0 Å². The van der Waals surface area contributed by atoms with Crippen LogP contribution in [0.3, 0.4) is 0 Å². The Labute approximate surface area is 78.5 Å². The molecule has 0 amide bonds. The van der Waals surface area contributed by atoms with Gasteiger partial charge in [0.2, 0.25) is 0 Å². The highest BCUT2D eigenvalue weighted by atomic mass is 16.1. The first-order chi connectivity index (χ1) is 6.32. The summed E-state index contributed by atoms with van der Waals surface area (Å²) in [6, 6.07) is 0. The van der Waals surface area contributed by atoms with Crippen LogP contribution in [-0.4, -0.2) is 5.78 Å². The van der Waals surface area contributed by atoms with Crippen LogP contribution in [0.1, 0.15) is 25.7 Å². The lowest BCUT2D eigenvalue weighted by Crippen LogP contribution is -2.23. The van der Waals surface area contributed by atoms with Crippen LogP contribution < -0.4 is 0 Å². The smallest absolute Gasteiger partial charge is 0.159 e. The summed E-state index contributed by atoms with van der Waals surface area (Å²) < 4.78 is 0. The first kappa shape index (κ1) is 7.54. The normalized spacial score (nSPS) is 39.2. The van der Waals surface area contributed by atoms with Crippen LogP contribution in [0, 0.1) is 17.3 Å². The minimum Gasteiger partial charge on any atom is -0.295 e. The van der Waals surface area contributed by atoms with Crippen molar-refractivity contribution in [1.29, 1.82) is 0 Å². The molecule has 0 N–H and O–H groups in total. The summed E-state index contributed by atoms with van der Waals surface area (Å²) in [5, 5.41) is 0. The topological polar surface area (TPSA) is 17.1 Å². The average Bonchev–Trinajstić information content (AvgIpc) is 2.55. The van der Waals surface area contributed by atoms with Crippen LogP contribution in [-0.2, 0) is 4.79 Å². The van der Waals surface area contributed by atoms with E-state index in [1.807, 2.05) is 6.08 Å². The molecule has 0 saturated heterocycles. The Morgan fingerprint density at radius 1 is 1.23 bits per heavy atom. The largest absolute Gasteiger partial charge is 0.295 e. The summed E-state index contributed by atoms with van der Waals surface area (Å²) in [4.78, 5) is 11.6. The Balaban J connectivity index is 1.83. The number of rotatable bonds is 1. The summed E-state index contributed by atoms with van der Waals surface area (Å²) in [6.07, 6.45) is 13.2. The van der Waals surface area contributed by atoms with Gasteiger partial charge in [-0.15, -0.1) is 0 Å². The van der Waals surface area contributed by atoms with Gasteiger partial charge in [-0.1, -0.05) is 18.2 Å². The van der Waals surface area contributed by atoms with E-state index in [0.717, 1.165) is 12.8 Å². The molecular weight excluding hydrogens is 160 g/mol. The highest BCUT2D eigenvalue weighted by Gasteiger charge is 2.52. The fraction of sp³-hybridized carbons (Fsp3) is 0.583. The maximum Gasteiger partial charge on any atom is 0.159 e. The van der Waals surface area contributed by atoms with Crippen molar-refractivity contribution >= 4 is 5.78 Å². The van der Waals surface area contributed by atoms with E-state index in [1.165, 1.54) is 12.8 Å². The molecule has 1 nitrogen and oxygen atoms in total. The minimum atomic E-state index is 0.317. The van der Waals surface area contributed by atoms with Gasteiger partial charge in [0, 0.05) is 5.92 Å². The zero-order chi connectivity index (χ0) is 8.89. The molecule has 1 saturated carbocycles. The maximum absolute atomic E-state index is 11.6. The monoisotopic (exact) mass is 174 g/mol. The summed E-state index contributed by atoms with van der Waals surface area (Å²) >= 11 is 0. The Hall–Kier alpha value is -0.850. The van der Waals surface area contributed by atoms with Crippen molar-refractivity contribution < 1.29 is 4.79 Å². The molecule has 2 unspecified atom stereocenters. The van der Waals surface area contributed by atoms with Gasteiger partial charge in [-0.05, 0) is 43.1 Å². The maximum atomic E-state index is 11.6. The summed E-state index contributed by atoms with van der Waals surface area (Å²) in [5.74, 6) is 1.33. The average molecular weight is 174 g/mol. The van der Waals surface area contributed by atoms with Gasteiger partial charge in [-0.3, -0.25) is 4.79 Å². The van der Waals surface area contributed by atoms with Gasteiger partial charge in [0.15, 0.2) is 5.78 Å². The van der Waals surface area contributed by atoms with E-state index in [0.29, 0.717) is 23.0 Å². The zero-order valence-electron chi connectivity index (χ0n) is 7.70. The van der Waals surface area contributed by atoms with Crippen molar-refractivity contribution in [3.8, 4) is 0 Å². The van der Waals surface area contributed by atoms with E-state index in [4.69, 9.17) is 0 Å². The molecule has 0 aromatic carbocycles. The quantitative estimate of drug-likeness (QED) is 0.558. The van der Waals surface area contributed by atoms with Crippen LogP contribution in [0.25, 0.3) is 0 Å². The van der Waals surface area contributed by atoms with E-state index in [2.05, 4.69) is 12.2 Å². The van der Waals surface area contributed by atoms with Crippen molar-refractivity contribution in [2.75, 3.05) is 0 Å². The van der Waals surface area contributed by atoms with Crippen LogP contribution in [0.2, 0.25) is 0 Å². The molecular formula is C12H14O. The first-order valence-electron chi connectivity index (χ1n) is 5.20. The number of carbonyl (C=O) groups is 1. The number of hydrogen-bond acceptors (Lipinski definition) is 1. The lowest BCUT2D eigenvalue weighted by molar-refractivity contribution is -0.119. The highest BCUT2D eigenvalue weighted by Crippen LogP contribution is 2.60. The minimum absolute atomic E-state index is 0.317. The molecule has 0 aromatic rings. The Kier molecular flexibility index (Phi) is 1.36. The molecule has 3 aliphatic rings. The number of ketones is 1. The van der Waals surface area contributed by atoms with E-state index < -0.39 is 0 Å². The molecule has 0 bridgehead atoms. The van der Waals surface area contributed by atoms with Crippen molar-refractivity contribution in [2.24, 2.45) is 17.3 Å². The second-order valence-electron chi connectivity index (χ2n) is 4.62. The highest BCUT2D eigenvalue weighted by molar-refractivity contribution is 5.94. The molecule has 2 atom stereocenters. The van der Waals surface area contributed by atoms with Gasteiger partial charge < -0.3 is 0 Å². The molecule has 3 aliphatic carbocycles. The third-order valence-corrected chi connectivity index (χ3v) is 3.93. The van der Waals surface area contributed by atoms with Gasteiger partial charge in [-0.2, -0.15) is 0 Å². The lowest BCUT2D eigenvalue weighted by atomic mass is 9.79. The molecule has 0 aliphatic heterocycles. The van der Waals surface area contributed by atoms with Gasteiger partial charge in [0.1, 0.15) is 0 Å². The number of hydrogen-bond donors (Lipinski definition) is 0. The van der Waals surface area contributed by atoms with Gasteiger partial charge in [0.25, 0.3) is 0 Å². The molecule has 1 heteroatoms. The fourth-order valence-electron chi connectivity index (χ4n) is 2.99. The Morgan fingerprint density at radius 2 is 2.08 bits per heavy atom. The number of allylic oxidation sites excluding steroid dienone is 4. The van der Waals surface area contributed by atoms with E-state index in [1.54, 1.807) is 6.08 Å². The summed E-state index contributed by atoms with van der Waals surface area (Å²) in [7, 11) is 0. The van der Waals surface area contributed by atoms with E-state index in [9.17, 15) is 4.79 Å². The van der Waals surface area contributed by atoms with E-state index in [-0.39, 0.29) is 0 Å². The van der Waals surface area contributed by atoms with Crippen molar-refractivity contribution in [3.05, 3.63) is 24.3 Å². The van der Waals surface area contributed by atoms with Gasteiger partial charge in [0.05, 0.1) is 0 Å². The molecule has 13 heavy (non-hydrogen) atoms. The molecule has 68 valence electrons. The van der Waals surface area contributed by atoms with Gasteiger partial charge >= 0.3 is 0 Å². The SMILES string of the molecule is O=C1C=CCC1C1CC=CC12CC2. The molecule has 0 radical (unpaired) electrons. The van der Waals surface area contributed by atoms with Crippen LogP contribution in [0.4, 0.5) is 0 Å². The fourth-order valence-corrected chi connectivity index (χ4v) is 2.99. The number of carbonyl (C=O) groups excluding carboxylic acids is 1. The molecule has 0 aromatic heterocycles. The lowest BCUT2D eigenvalue weighted by Gasteiger charge is -2.23. The predicted octanol–water partition coefficient (Wildman–Crippen LogP) is 2.49. The van der Waals surface area contributed by atoms with Crippen molar-refractivity contribution in [2.45, 2.75) is 25.7 Å². The van der Waals surface area contributed by atoms with Crippen molar-refractivity contribution in [3.63, 3.8) is 0 Å². The van der Waals surface area contributed by atoms with Crippen LogP contribution in [0.15, 0.2) is 24.3 Å². The standard InChI is InChI=1S/C12H14O/c13-11-5-1-3-9(11)10-4-2-6-12(10)7-8-12/h1-2,5-6,9-10H,3-4,7-8H2. The molecule has 1 spiro atoms. The summed E-state index contributed by atoms with van der Waals surface area (Å²) in [5.41, 5.74) is 0.465. The van der Waals surface area contributed by atoms with Crippen LogP contribution in [0.5, 0.6) is 0 Å². The molecule has 3 rings (SSSR count). The van der Waals surface area contributed by atoms with Gasteiger partial charge in [-0.25, -0.2) is 0 Å². The molecule has 0 heterocycles. The Bertz CT molecular complexity index is 307. The second-order valence-corrected chi connectivity index (χ2v) is 4.62. The first-order valence-corrected chi connectivity index (χ1v) is 5.20. The van der Waals surface area contributed by atoms with Crippen LogP contribution >= 0.6 is 0 Å². The third-order valence-electron chi connectivity index (χ3n) is 3.93. The molecule has 1 fully saturated rings. The predicted molar refractivity (Wildman–Crippen MR) is 51.2 cm³/mol. The summed E-state index contributed by atoms with van der Waals surface area (Å²) in [6.45, 7) is 0. The zero-order valence-corrected chi connectivity index (χ0v) is 7.70. The Morgan fingerprint density at radius 3 is 2.69 bits per heavy atom. The van der Waals surface area contributed by atoms with E-state index >= 15 is 0 Å². The second kappa shape index (κ2) is 2.34. The third kappa shape index (κ3) is 0.962.